The lowest BCUT2D eigenvalue weighted by Gasteiger charge is -2.14. The first kappa shape index (κ1) is 19.4. The van der Waals surface area contributed by atoms with E-state index in [-0.39, 0.29) is 11.9 Å². The van der Waals surface area contributed by atoms with Crippen molar-refractivity contribution in [2.45, 2.75) is 19.9 Å². The molecule has 0 saturated carbocycles. The molecule has 1 N–H and O–H groups in total. The van der Waals surface area contributed by atoms with E-state index in [0.29, 0.717) is 18.1 Å². The van der Waals surface area contributed by atoms with Gasteiger partial charge in [0.1, 0.15) is 12.4 Å². The summed E-state index contributed by atoms with van der Waals surface area (Å²) in [5, 5.41) is 2.88. The van der Waals surface area contributed by atoms with Crippen molar-refractivity contribution in [1.82, 2.24) is 5.32 Å². The van der Waals surface area contributed by atoms with E-state index >= 15 is 0 Å². The lowest BCUT2D eigenvalue weighted by atomic mass is 10.2. The van der Waals surface area contributed by atoms with Gasteiger partial charge in [0.2, 0.25) is 5.91 Å². The summed E-state index contributed by atoms with van der Waals surface area (Å²) in [7, 11) is 3.16. The van der Waals surface area contributed by atoms with E-state index in [1.165, 1.54) is 11.6 Å². The number of hydrogen-bond donors (Lipinski definition) is 1. The molecule has 0 aromatic heterocycles. The van der Waals surface area contributed by atoms with Gasteiger partial charge in [-0.3, -0.25) is 4.79 Å². The first-order chi connectivity index (χ1) is 12.5. The molecule has 1 atom stereocenters. The molecular formula is C21H25NO4. The van der Waals surface area contributed by atoms with Gasteiger partial charge in [-0.2, -0.15) is 0 Å². The van der Waals surface area contributed by atoms with Gasteiger partial charge in [-0.15, -0.1) is 0 Å². The van der Waals surface area contributed by atoms with E-state index in [4.69, 9.17) is 14.2 Å². The molecule has 5 nitrogen and oxygen atoms in total. The van der Waals surface area contributed by atoms with Crippen molar-refractivity contribution >= 4 is 12.0 Å². The maximum absolute atomic E-state index is 12.1. The molecule has 2 rings (SSSR count). The smallest absolute Gasteiger partial charge is 0.244 e. The van der Waals surface area contributed by atoms with Gasteiger partial charge in [0, 0.05) is 6.08 Å². The summed E-state index contributed by atoms with van der Waals surface area (Å²) >= 11 is 0. The lowest BCUT2D eigenvalue weighted by molar-refractivity contribution is -0.117. The Balaban J connectivity index is 1.85. The Morgan fingerprint density at radius 2 is 1.77 bits per heavy atom. The van der Waals surface area contributed by atoms with E-state index in [2.05, 4.69) is 5.32 Å². The molecule has 0 aliphatic carbocycles. The second-order valence-corrected chi connectivity index (χ2v) is 5.98. The van der Waals surface area contributed by atoms with Crippen molar-refractivity contribution in [3.8, 4) is 17.2 Å². The average molecular weight is 355 g/mol. The molecule has 0 aliphatic rings. The van der Waals surface area contributed by atoms with Crippen LogP contribution in [0.1, 0.15) is 18.1 Å². The molecule has 26 heavy (non-hydrogen) atoms. The van der Waals surface area contributed by atoms with Crippen molar-refractivity contribution in [2.75, 3.05) is 20.8 Å². The van der Waals surface area contributed by atoms with Gasteiger partial charge in [0.25, 0.3) is 0 Å². The molecule has 1 amide bonds. The minimum Gasteiger partial charge on any atom is -0.493 e. The second-order valence-electron chi connectivity index (χ2n) is 5.98. The monoisotopic (exact) mass is 355 g/mol. The zero-order valence-corrected chi connectivity index (χ0v) is 15.6. The Kier molecular flexibility index (Phi) is 7.09. The Morgan fingerprint density at radius 1 is 1.08 bits per heavy atom. The van der Waals surface area contributed by atoms with Crippen LogP contribution < -0.4 is 19.5 Å². The van der Waals surface area contributed by atoms with Crippen LogP contribution in [-0.4, -0.2) is 32.8 Å². The molecule has 138 valence electrons. The van der Waals surface area contributed by atoms with Crippen LogP contribution >= 0.6 is 0 Å². The minimum absolute atomic E-state index is 0.112. The fraction of sp³-hybridized carbons (Fsp3) is 0.286. The third kappa shape index (κ3) is 5.84. The number of carbonyl (C=O) groups excluding carboxylic acids is 1. The van der Waals surface area contributed by atoms with Gasteiger partial charge in [-0.25, -0.2) is 0 Å². The van der Waals surface area contributed by atoms with Gasteiger partial charge in [0.05, 0.1) is 20.3 Å². The van der Waals surface area contributed by atoms with Crippen LogP contribution in [0.25, 0.3) is 6.08 Å². The van der Waals surface area contributed by atoms with Crippen LogP contribution in [-0.2, 0) is 4.79 Å². The van der Waals surface area contributed by atoms with Gasteiger partial charge in [-0.05, 0) is 49.8 Å². The maximum atomic E-state index is 12.1. The van der Waals surface area contributed by atoms with Crippen LogP contribution in [0.2, 0.25) is 0 Å². The Hall–Kier alpha value is -2.95. The predicted molar refractivity (Wildman–Crippen MR) is 103 cm³/mol. The van der Waals surface area contributed by atoms with Crippen LogP contribution in [0, 0.1) is 6.92 Å². The summed E-state index contributed by atoms with van der Waals surface area (Å²) in [4.78, 5) is 12.1. The number of hydrogen-bond acceptors (Lipinski definition) is 4. The van der Waals surface area contributed by atoms with Crippen molar-refractivity contribution in [2.24, 2.45) is 0 Å². The number of nitrogens with one attached hydrogen (secondary N) is 1. The zero-order valence-electron chi connectivity index (χ0n) is 15.6. The number of amides is 1. The molecule has 5 heteroatoms. The predicted octanol–water partition coefficient (Wildman–Crippen LogP) is 3.61. The molecule has 0 heterocycles. The highest BCUT2D eigenvalue weighted by atomic mass is 16.5. The molecule has 0 radical (unpaired) electrons. The number of aryl methyl sites for hydroxylation is 1. The van der Waals surface area contributed by atoms with Crippen LogP contribution in [0.15, 0.2) is 48.5 Å². The summed E-state index contributed by atoms with van der Waals surface area (Å²) in [6, 6.07) is 13.2. The third-order valence-corrected chi connectivity index (χ3v) is 3.74. The largest absolute Gasteiger partial charge is 0.493 e. The third-order valence-electron chi connectivity index (χ3n) is 3.74. The maximum Gasteiger partial charge on any atom is 0.244 e. The number of ether oxygens (including phenoxy) is 3. The summed E-state index contributed by atoms with van der Waals surface area (Å²) in [5.41, 5.74) is 2.03. The molecule has 0 bridgehead atoms. The summed E-state index contributed by atoms with van der Waals surface area (Å²) in [6.45, 7) is 4.33. The Labute approximate surface area is 154 Å². The highest BCUT2D eigenvalue weighted by molar-refractivity contribution is 5.92. The van der Waals surface area contributed by atoms with Crippen molar-refractivity contribution in [1.29, 1.82) is 0 Å². The lowest BCUT2D eigenvalue weighted by Crippen LogP contribution is -2.35. The van der Waals surface area contributed by atoms with Crippen molar-refractivity contribution in [3.63, 3.8) is 0 Å². The van der Waals surface area contributed by atoms with Gasteiger partial charge >= 0.3 is 0 Å². The Bertz CT molecular complexity index is 753. The summed E-state index contributed by atoms with van der Waals surface area (Å²) < 4.78 is 16.1. The molecule has 0 unspecified atom stereocenters. The van der Waals surface area contributed by atoms with Crippen LogP contribution in [0.5, 0.6) is 17.2 Å². The first-order valence-electron chi connectivity index (χ1n) is 8.42. The van der Waals surface area contributed by atoms with Crippen LogP contribution in [0.4, 0.5) is 0 Å². The van der Waals surface area contributed by atoms with E-state index in [0.717, 1.165) is 11.3 Å². The molecule has 0 saturated heterocycles. The molecule has 0 spiro atoms. The first-order valence-corrected chi connectivity index (χ1v) is 8.42. The van der Waals surface area contributed by atoms with Gasteiger partial charge < -0.3 is 19.5 Å². The zero-order chi connectivity index (χ0) is 18.9. The standard InChI is InChI=1S/C21H25NO4/c1-15-5-9-18(10-6-15)26-14-16(2)22-21(23)12-8-17-7-11-19(24-3)20(13-17)25-4/h5-13,16H,14H2,1-4H3,(H,22,23)/b12-8+/t16-/m1/s1. The number of benzene rings is 2. The number of carbonyl (C=O) groups is 1. The SMILES string of the molecule is COc1ccc(/C=C/C(=O)N[C@H](C)COc2ccc(C)cc2)cc1OC. The summed E-state index contributed by atoms with van der Waals surface area (Å²) in [6.07, 6.45) is 3.22. The fourth-order valence-corrected chi connectivity index (χ4v) is 2.32. The van der Waals surface area contributed by atoms with Gasteiger partial charge in [0.15, 0.2) is 11.5 Å². The quantitative estimate of drug-likeness (QED) is 0.735. The fourth-order valence-electron chi connectivity index (χ4n) is 2.32. The van der Waals surface area contributed by atoms with Gasteiger partial charge in [-0.1, -0.05) is 23.8 Å². The van der Waals surface area contributed by atoms with Crippen molar-refractivity contribution < 1.29 is 19.0 Å². The molecule has 0 fully saturated rings. The van der Waals surface area contributed by atoms with Crippen molar-refractivity contribution in [3.05, 3.63) is 59.7 Å². The molecule has 0 aliphatic heterocycles. The Morgan fingerprint density at radius 3 is 2.42 bits per heavy atom. The molecule has 2 aromatic carbocycles. The average Bonchev–Trinajstić information content (AvgIpc) is 2.65. The van der Waals surface area contributed by atoms with E-state index in [1.54, 1.807) is 26.4 Å². The van der Waals surface area contributed by atoms with E-state index in [9.17, 15) is 4.79 Å². The highest BCUT2D eigenvalue weighted by Crippen LogP contribution is 2.27. The van der Waals surface area contributed by atoms with Crippen LogP contribution in [0.3, 0.4) is 0 Å². The van der Waals surface area contributed by atoms with E-state index in [1.807, 2.05) is 50.2 Å². The highest BCUT2D eigenvalue weighted by Gasteiger charge is 2.07. The van der Waals surface area contributed by atoms with E-state index < -0.39 is 0 Å². The number of methoxy groups -OCH3 is 2. The minimum atomic E-state index is -0.181. The molecular weight excluding hydrogens is 330 g/mol. The molecule has 2 aromatic rings. The topological polar surface area (TPSA) is 56.8 Å². The normalized spacial score (nSPS) is 11.8. The second kappa shape index (κ2) is 9.51. The number of rotatable bonds is 8. The summed E-state index contributed by atoms with van der Waals surface area (Å²) in [5.74, 6) is 1.88.